The summed E-state index contributed by atoms with van der Waals surface area (Å²) < 4.78 is 5.26. The Kier molecular flexibility index (Phi) is 4.15. The molecule has 16 heavy (non-hydrogen) atoms. The van der Waals surface area contributed by atoms with Crippen LogP contribution in [0, 0.1) is 11.3 Å². The van der Waals surface area contributed by atoms with Crippen molar-refractivity contribution in [2.24, 2.45) is 0 Å². The molecule has 0 bridgehead atoms. The van der Waals surface area contributed by atoms with Crippen molar-refractivity contribution in [2.75, 3.05) is 0 Å². The molecule has 5 heteroatoms. The molecule has 84 valence electrons. The second kappa shape index (κ2) is 5.38. The van der Waals surface area contributed by atoms with Crippen LogP contribution in [-0.2, 0) is 0 Å². The maximum atomic E-state index is 11.0. The Hall–Kier alpha value is -1.73. The van der Waals surface area contributed by atoms with Crippen LogP contribution < -0.4 is 4.74 Å². The molecule has 0 aromatic heterocycles. The van der Waals surface area contributed by atoms with Crippen LogP contribution in [0.5, 0.6) is 5.75 Å². The van der Waals surface area contributed by atoms with Gasteiger partial charge in [-0.2, -0.15) is 5.26 Å². The minimum Gasteiger partial charge on any atom is -0.478 e. The molecule has 0 saturated carbocycles. The van der Waals surface area contributed by atoms with Gasteiger partial charge in [0, 0.05) is 0 Å². The van der Waals surface area contributed by atoms with E-state index < -0.39 is 12.1 Å². The van der Waals surface area contributed by atoms with Gasteiger partial charge in [0.05, 0.1) is 5.02 Å². The lowest BCUT2D eigenvalue weighted by molar-refractivity contribution is 0.0691. The molecule has 0 aliphatic heterocycles. The average Bonchev–Trinajstić information content (AvgIpc) is 2.25. The summed E-state index contributed by atoms with van der Waals surface area (Å²) in [7, 11) is 0. The average molecular weight is 240 g/mol. The number of ether oxygens (including phenoxy) is 1. The van der Waals surface area contributed by atoms with Gasteiger partial charge >= 0.3 is 5.97 Å². The summed E-state index contributed by atoms with van der Waals surface area (Å²) >= 11 is 5.75. The number of benzene rings is 1. The van der Waals surface area contributed by atoms with E-state index in [1.165, 1.54) is 12.1 Å². The lowest BCUT2D eigenvalue weighted by Crippen LogP contribution is -2.14. The SMILES string of the molecule is CCC(C#N)Oc1cccc(Cl)c1C(=O)O. The van der Waals surface area contributed by atoms with E-state index in [0.29, 0.717) is 6.42 Å². The number of carbonyl (C=O) groups is 1. The molecule has 1 unspecified atom stereocenters. The second-order valence-electron chi connectivity index (χ2n) is 3.06. The Morgan fingerprint density at radius 3 is 2.88 bits per heavy atom. The number of rotatable bonds is 4. The summed E-state index contributed by atoms with van der Waals surface area (Å²) in [6.45, 7) is 1.78. The Morgan fingerprint density at radius 2 is 2.38 bits per heavy atom. The summed E-state index contributed by atoms with van der Waals surface area (Å²) in [5.41, 5.74) is -0.113. The first-order chi connectivity index (χ1) is 7.60. The molecule has 0 radical (unpaired) electrons. The predicted octanol–water partition coefficient (Wildman–Crippen LogP) is 2.72. The zero-order chi connectivity index (χ0) is 12.1. The number of hydrogen-bond donors (Lipinski definition) is 1. The molecule has 0 amide bonds. The van der Waals surface area contributed by atoms with Gasteiger partial charge in [-0.25, -0.2) is 4.79 Å². The Bertz CT molecular complexity index is 439. The first-order valence-electron chi connectivity index (χ1n) is 4.68. The highest BCUT2D eigenvalue weighted by Crippen LogP contribution is 2.27. The molecule has 0 heterocycles. The number of carboxylic acid groups (broad SMARTS) is 1. The quantitative estimate of drug-likeness (QED) is 0.877. The summed E-state index contributed by atoms with van der Waals surface area (Å²) in [4.78, 5) is 11.0. The highest BCUT2D eigenvalue weighted by atomic mass is 35.5. The normalized spacial score (nSPS) is 11.6. The third-order valence-electron chi connectivity index (χ3n) is 1.97. The molecule has 1 aromatic carbocycles. The van der Waals surface area contributed by atoms with E-state index in [1.807, 2.05) is 6.07 Å². The van der Waals surface area contributed by atoms with Crippen molar-refractivity contribution < 1.29 is 14.6 Å². The molecule has 0 aliphatic rings. The maximum Gasteiger partial charge on any atom is 0.341 e. The predicted molar refractivity (Wildman–Crippen MR) is 58.7 cm³/mol. The van der Waals surface area contributed by atoms with Gasteiger partial charge in [-0.3, -0.25) is 0 Å². The molecule has 4 nitrogen and oxygen atoms in total. The zero-order valence-corrected chi connectivity index (χ0v) is 9.36. The van der Waals surface area contributed by atoms with E-state index in [2.05, 4.69) is 0 Å². The van der Waals surface area contributed by atoms with Crippen molar-refractivity contribution in [3.05, 3.63) is 28.8 Å². The van der Waals surface area contributed by atoms with Crippen molar-refractivity contribution in [1.82, 2.24) is 0 Å². The summed E-state index contributed by atoms with van der Waals surface area (Å²) in [6, 6.07) is 6.45. The topological polar surface area (TPSA) is 70.3 Å². The summed E-state index contributed by atoms with van der Waals surface area (Å²) in [5.74, 6) is -1.05. The molecule has 0 aliphatic carbocycles. The van der Waals surface area contributed by atoms with Crippen molar-refractivity contribution >= 4 is 17.6 Å². The van der Waals surface area contributed by atoms with Crippen molar-refractivity contribution in [3.63, 3.8) is 0 Å². The number of hydrogen-bond acceptors (Lipinski definition) is 3. The molecule has 1 aromatic rings. The van der Waals surface area contributed by atoms with Gasteiger partial charge in [0.25, 0.3) is 0 Å². The first kappa shape index (κ1) is 12.3. The Morgan fingerprint density at radius 1 is 1.69 bits per heavy atom. The molecule has 1 atom stereocenters. The first-order valence-corrected chi connectivity index (χ1v) is 5.06. The number of carboxylic acids is 1. The number of nitrogens with zero attached hydrogens (tertiary/aromatic N) is 1. The minimum atomic E-state index is -1.17. The lowest BCUT2D eigenvalue weighted by atomic mass is 10.2. The van der Waals surface area contributed by atoms with E-state index >= 15 is 0 Å². The zero-order valence-electron chi connectivity index (χ0n) is 8.61. The molecule has 0 spiro atoms. The van der Waals surface area contributed by atoms with Crippen LogP contribution in [0.3, 0.4) is 0 Å². The van der Waals surface area contributed by atoms with Crippen molar-refractivity contribution in [3.8, 4) is 11.8 Å². The van der Waals surface area contributed by atoms with Crippen LogP contribution in [0.2, 0.25) is 5.02 Å². The van der Waals surface area contributed by atoms with Crippen LogP contribution in [0.25, 0.3) is 0 Å². The lowest BCUT2D eigenvalue weighted by Gasteiger charge is -2.13. The molecule has 1 N–H and O–H groups in total. The smallest absolute Gasteiger partial charge is 0.341 e. The van der Waals surface area contributed by atoms with Gasteiger partial charge < -0.3 is 9.84 Å². The number of aromatic carboxylic acids is 1. The van der Waals surface area contributed by atoms with E-state index in [-0.39, 0.29) is 16.3 Å². The molecule has 0 fully saturated rings. The highest BCUT2D eigenvalue weighted by molar-refractivity contribution is 6.33. The van der Waals surface area contributed by atoms with Gasteiger partial charge in [0.1, 0.15) is 17.4 Å². The van der Waals surface area contributed by atoms with Gasteiger partial charge in [0.2, 0.25) is 0 Å². The Labute approximate surface area is 98.0 Å². The van der Waals surface area contributed by atoms with Crippen LogP contribution in [0.4, 0.5) is 0 Å². The van der Waals surface area contributed by atoms with E-state index in [1.54, 1.807) is 13.0 Å². The van der Waals surface area contributed by atoms with Crippen molar-refractivity contribution in [2.45, 2.75) is 19.4 Å². The van der Waals surface area contributed by atoms with E-state index in [9.17, 15) is 4.79 Å². The molecule has 1 rings (SSSR count). The van der Waals surface area contributed by atoms with Crippen LogP contribution in [0.15, 0.2) is 18.2 Å². The minimum absolute atomic E-state index is 0.0952. The fourth-order valence-corrected chi connectivity index (χ4v) is 1.41. The number of halogens is 1. The van der Waals surface area contributed by atoms with Crippen LogP contribution in [-0.4, -0.2) is 17.2 Å². The molecular weight excluding hydrogens is 230 g/mol. The van der Waals surface area contributed by atoms with Crippen molar-refractivity contribution in [1.29, 1.82) is 5.26 Å². The standard InChI is InChI=1S/C11H10ClNO3/c1-2-7(6-13)16-9-5-3-4-8(12)10(9)11(14)15/h3-5,7H,2H2,1H3,(H,14,15). The van der Waals surface area contributed by atoms with Gasteiger partial charge in [-0.1, -0.05) is 24.6 Å². The molecular formula is C11H10ClNO3. The van der Waals surface area contributed by atoms with E-state index in [4.69, 9.17) is 26.7 Å². The number of nitriles is 1. The molecule has 0 saturated heterocycles. The van der Waals surface area contributed by atoms with Gasteiger partial charge in [-0.05, 0) is 18.6 Å². The van der Waals surface area contributed by atoms with Crippen LogP contribution >= 0.6 is 11.6 Å². The monoisotopic (exact) mass is 239 g/mol. The van der Waals surface area contributed by atoms with Crippen LogP contribution in [0.1, 0.15) is 23.7 Å². The third-order valence-corrected chi connectivity index (χ3v) is 2.29. The van der Waals surface area contributed by atoms with E-state index in [0.717, 1.165) is 0 Å². The summed E-state index contributed by atoms with van der Waals surface area (Å²) in [6.07, 6.45) is -0.196. The Balaban J connectivity index is 3.09. The van der Waals surface area contributed by atoms with Gasteiger partial charge in [-0.15, -0.1) is 0 Å². The summed E-state index contributed by atoms with van der Waals surface area (Å²) in [5, 5.41) is 17.8. The second-order valence-corrected chi connectivity index (χ2v) is 3.47. The third kappa shape index (κ3) is 2.65. The fraction of sp³-hybridized carbons (Fsp3) is 0.273. The maximum absolute atomic E-state index is 11.0. The van der Waals surface area contributed by atoms with Gasteiger partial charge in [0.15, 0.2) is 6.10 Å². The fourth-order valence-electron chi connectivity index (χ4n) is 1.16. The largest absolute Gasteiger partial charge is 0.478 e. The highest BCUT2D eigenvalue weighted by Gasteiger charge is 2.17.